The fourth-order valence-electron chi connectivity index (χ4n) is 4.71. The second-order valence-electron chi connectivity index (χ2n) is 9.25. The molecule has 1 N–H and O–H groups in total. The summed E-state index contributed by atoms with van der Waals surface area (Å²) in [5.74, 6) is 0.466. The third kappa shape index (κ3) is 4.26. The van der Waals surface area contributed by atoms with Crippen molar-refractivity contribution in [2.24, 2.45) is 0 Å². The molecule has 6 heteroatoms. The Morgan fingerprint density at radius 1 is 0.889 bits per heavy atom. The van der Waals surface area contributed by atoms with Crippen molar-refractivity contribution in [2.45, 2.75) is 34.1 Å². The molecule has 0 fully saturated rings. The first kappa shape index (κ1) is 23.4. The molecule has 0 aliphatic carbocycles. The number of anilines is 2. The minimum atomic E-state index is -0.162. The molecule has 0 unspecified atom stereocenters. The van der Waals surface area contributed by atoms with Gasteiger partial charge in [-0.05, 0) is 86.7 Å². The van der Waals surface area contributed by atoms with Crippen LogP contribution in [-0.4, -0.2) is 28.3 Å². The molecule has 5 rings (SSSR count). The second-order valence-corrected chi connectivity index (χ2v) is 9.25. The largest absolute Gasteiger partial charge is 0.322 e. The van der Waals surface area contributed by atoms with Gasteiger partial charge in [-0.2, -0.15) is 0 Å². The van der Waals surface area contributed by atoms with Crippen molar-refractivity contribution >= 4 is 23.2 Å². The van der Waals surface area contributed by atoms with Crippen molar-refractivity contribution in [3.63, 3.8) is 0 Å². The molecule has 1 aromatic heterocycles. The summed E-state index contributed by atoms with van der Waals surface area (Å²) in [5.41, 5.74) is 8.41. The molecule has 4 aromatic rings. The maximum Gasteiger partial charge on any atom is 0.258 e. The fourth-order valence-corrected chi connectivity index (χ4v) is 4.71. The lowest BCUT2D eigenvalue weighted by molar-refractivity contribution is 0.0985. The lowest BCUT2D eigenvalue weighted by atomic mass is 10.0. The van der Waals surface area contributed by atoms with E-state index in [2.05, 4.69) is 15.3 Å². The standard InChI is InChI=1S/C30H28N4O2/c1-18-8-7-10-25(20(18)3)29(35)33-23-12-13-24(19(2)16-23)30(36)34-15-14-22-17-31-21(4)32-28(22)26-9-5-6-11-27(26)34/h5-13,16-17H,14-15H2,1-4H3,(H,33,35). The highest BCUT2D eigenvalue weighted by atomic mass is 16.2. The number of hydrogen-bond acceptors (Lipinski definition) is 4. The average Bonchev–Trinajstić information content (AvgIpc) is 3.02. The van der Waals surface area contributed by atoms with Gasteiger partial charge in [-0.25, -0.2) is 9.97 Å². The number of fused-ring (bicyclic) bond motifs is 3. The zero-order chi connectivity index (χ0) is 25.4. The van der Waals surface area contributed by atoms with E-state index in [9.17, 15) is 9.59 Å². The number of nitrogens with zero attached hydrogens (tertiary/aromatic N) is 3. The number of nitrogens with one attached hydrogen (secondary N) is 1. The molecule has 0 atom stereocenters. The van der Waals surface area contributed by atoms with Crippen molar-refractivity contribution < 1.29 is 9.59 Å². The first-order valence-electron chi connectivity index (χ1n) is 12.1. The van der Waals surface area contributed by atoms with Crippen LogP contribution in [0.25, 0.3) is 11.3 Å². The van der Waals surface area contributed by atoms with Gasteiger partial charge < -0.3 is 10.2 Å². The van der Waals surface area contributed by atoms with Crippen LogP contribution in [0, 0.1) is 27.7 Å². The summed E-state index contributed by atoms with van der Waals surface area (Å²) in [6, 6.07) is 19.0. The number of carbonyl (C=O) groups excluding carboxylic acids is 2. The van der Waals surface area contributed by atoms with Gasteiger partial charge in [0.05, 0.1) is 11.4 Å². The average molecular weight is 477 g/mol. The van der Waals surface area contributed by atoms with E-state index in [1.807, 2.05) is 87.3 Å². The van der Waals surface area contributed by atoms with E-state index < -0.39 is 0 Å². The molecule has 0 radical (unpaired) electrons. The highest BCUT2D eigenvalue weighted by molar-refractivity contribution is 6.10. The Labute approximate surface area is 211 Å². The predicted octanol–water partition coefficient (Wildman–Crippen LogP) is 5.83. The number of aromatic nitrogens is 2. The Balaban J connectivity index is 1.44. The number of carbonyl (C=O) groups is 2. The lowest BCUT2D eigenvalue weighted by Crippen LogP contribution is -2.33. The van der Waals surface area contributed by atoms with E-state index in [4.69, 9.17) is 0 Å². The Morgan fingerprint density at radius 2 is 1.69 bits per heavy atom. The molecule has 1 aliphatic rings. The van der Waals surface area contributed by atoms with Gasteiger partial charge >= 0.3 is 0 Å². The van der Waals surface area contributed by atoms with Gasteiger partial charge in [-0.1, -0.05) is 30.3 Å². The molecule has 2 heterocycles. The van der Waals surface area contributed by atoms with E-state index in [1.54, 1.807) is 12.1 Å². The van der Waals surface area contributed by atoms with Crippen molar-refractivity contribution in [2.75, 3.05) is 16.8 Å². The van der Waals surface area contributed by atoms with Crippen LogP contribution >= 0.6 is 0 Å². The van der Waals surface area contributed by atoms with Crippen LogP contribution in [0.3, 0.4) is 0 Å². The smallest absolute Gasteiger partial charge is 0.258 e. The Hall–Kier alpha value is -4.32. The van der Waals surface area contributed by atoms with E-state index >= 15 is 0 Å². The van der Waals surface area contributed by atoms with Gasteiger partial charge in [-0.15, -0.1) is 0 Å². The van der Waals surface area contributed by atoms with E-state index in [1.165, 1.54) is 0 Å². The zero-order valence-electron chi connectivity index (χ0n) is 20.9. The van der Waals surface area contributed by atoms with Crippen molar-refractivity contribution in [1.29, 1.82) is 0 Å². The Bertz CT molecular complexity index is 1510. The highest BCUT2D eigenvalue weighted by Gasteiger charge is 2.27. The Morgan fingerprint density at radius 3 is 2.50 bits per heavy atom. The number of amides is 2. The van der Waals surface area contributed by atoms with Crippen molar-refractivity contribution in [3.05, 3.63) is 106 Å². The van der Waals surface area contributed by atoms with Crippen LogP contribution in [0.15, 0.2) is 66.9 Å². The van der Waals surface area contributed by atoms with Crippen LogP contribution < -0.4 is 10.2 Å². The maximum atomic E-state index is 13.8. The van der Waals surface area contributed by atoms with Gasteiger partial charge in [0.1, 0.15) is 5.82 Å². The Kier molecular flexibility index (Phi) is 6.10. The van der Waals surface area contributed by atoms with Crippen LogP contribution in [-0.2, 0) is 6.42 Å². The van der Waals surface area contributed by atoms with Gasteiger partial charge in [0, 0.05) is 35.1 Å². The molecule has 0 saturated heterocycles. The summed E-state index contributed by atoms with van der Waals surface area (Å²) >= 11 is 0. The molecule has 0 bridgehead atoms. The quantitative estimate of drug-likeness (QED) is 0.404. The molecule has 0 saturated carbocycles. The normalized spacial score (nSPS) is 12.4. The van der Waals surface area contributed by atoms with Crippen LogP contribution in [0.2, 0.25) is 0 Å². The number of benzene rings is 3. The maximum absolute atomic E-state index is 13.8. The molecule has 36 heavy (non-hydrogen) atoms. The number of aryl methyl sites for hydroxylation is 3. The summed E-state index contributed by atoms with van der Waals surface area (Å²) < 4.78 is 0. The van der Waals surface area contributed by atoms with Crippen LogP contribution in [0.5, 0.6) is 0 Å². The molecular formula is C30H28N4O2. The van der Waals surface area contributed by atoms with Gasteiger partial charge in [0.15, 0.2) is 0 Å². The summed E-state index contributed by atoms with van der Waals surface area (Å²) in [4.78, 5) is 37.5. The molecular weight excluding hydrogens is 448 g/mol. The minimum Gasteiger partial charge on any atom is -0.322 e. The summed E-state index contributed by atoms with van der Waals surface area (Å²) in [6.45, 7) is 8.24. The zero-order valence-corrected chi connectivity index (χ0v) is 20.9. The minimum absolute atomic E-state index is 0.0788. The first-order chi connectivity index (χ1) is 17.3. The summed E-state index contributed by atoms with van der Waals surface area (Å²) in [6.07, 6.45) is 2.53. The number of hydrogen-bond donors (Lipinski definition) is 1. The fraction of sp³-hybridized carbons (Fsp3) is 0.200. The van der Waals surface area contributed by atoms with E-state index in [-0.39, 0.29) is 11.8 Å². The second kappa shape index (κ2) is 9.38. The predicted molar refractivity (Wildman–Crippen MR) is 143 cm³/mol. The first-order valence-corrected chi connectivity index (χ1v) is 12.1. The molecule has 3 aromatic carbocycles. The number of rotatable bonds is 3. The lowest BCUT2D eigenvalue weighted by Gasteiger charge is -2.24. The third-order valence-corrected chi connectivity index (χ3v) is 6.85. The van der Waals surface area contributed by atoms with Crippen LogP contribution in [0.4, 0.5) is 11.4 Å². The van der Waals surface area contributed by atoms with Crippen molar-refractivity contribution in [3.8, 4) is 11.3 Å². The van der Waals surface area contributed by atoms with E-state index in [0.29, 0.717) is 35.6 Å². The number of para-hydroxylation sites is 1. The van der Waals surface area contributed by atoms with Crippen molar-refractivity contribution in [1.82, 2.24) is 9.97 Å². The molecule has 2 amide bonds. The topological polar surface area (TPSA) is 75.2 Å². The third-order valence-electron chi connectivity index (χ3n) is 6.85. The SMILES string of the molecule is Cc1ncc2c(n1)-c1ccccc1N(C(=O)c1ccc(NC(=O)c3cccc(C)c3C)cc1C)CC2. The molecule has 1 aliphatic heterocycles. The molecule has 6 nitrogen and oxygen atoms in total. The molecule has 180 valence electrons. The van der Waals surface area contributed by atoms with E-state index in [0.717, 1.165) is 39.2 Å². The van der Waals surface area contributed by atoms with Gasteiger partial charge in [0.2, 0.25) is 0 Å². The highest BCUT2D eigenvalue weighted by Crippen LogP contribution is 2.36. The summed E-state index contributed by atoms with van der Waals surface area (Å²) in [7, 11) is 0. The molecule has 0 spiro atoms. The summed E-state index contributed by atoms with van der Waals surface area (Å²) in [5, 5.41) is 2.98. The van der Waals surface area contributed by atoms with Crippen LogP contribution in [0.1, 0.15) is 48.8 Å². The van der Waals surface area contributed by atoms with Gasteiger partial charge in [0.25, 0.3) is 11.8 Å². The monoisotopic (exact) mass is 476 g/mol. The van der Waals surface area contributed by atoms with Gasteiger partial charge in [-0.3, -0.25) is 9.59 Å².